The van der Waals surface area contributed by atoms with E-state index in [4.69, 9.17) is 0 Å². The molecule has 0 N–H and O–H groups in total. The van der Waals surface area contributed by atoms with Crippen LogP contribution in [0, 0.1) is 0 Å². The summed E-state index contributed by atoms with van der Waals surface area (Å²) in [4.78, 5) is 2.37. The normalized spacial score (nSPS) is 11.8. The molecule has 0 spiro atoms. The molecule has 9 aromatic carbocycles. The van der Waals surface area contributed by atoms with Crippen molar-refractivity contribution in [1.82, 2.24) is 0 Å². The molecule has 0 radical (unpaired) electrons. The lowest BCUT2D eigenvalue weighted by Crippen LogP contribution is -2.09. The standard InChI is InChI=1S/C50H31NS2/c1-2-9-38(10-3-1)51(39-22-18-32(19-23-39)35-17-16-34-15-14-33-8-4-5-11-41(33)44(34)28-35)40-24-27-49-46(31-40)43-25-20-37(30-50(43)53-49)36-21-26-48-45(29-36)42-12-6-7-13-47(42)52-48/h1-31H. The molecule has 0 saturated heterocycles. The van der Waals surface area contributed by atoms with Crippen LogP contribution in [0.25, 0.3) is 84.1 Å². The highest BCUT2D eigenvalue weighted by molar-refractivity contribution is 7.26. The van der Waals surface area contributed by atoms with Gasteiger partial charge in [-0.15, -0.1) is 22.7 Å². The highest BCUT2D eigenvalue weighted by Crippen LogP contribution is 2.43. The molecular weight excluding hydrogens is 679 g/mol. The quantitative estimate of drug-likeness (QED) is 0.161. The molecule has 11 rings (SSSR count). The van der Waals surface area contributed by atoms with Gasteiger partial charge < -0.3 is 4.90 Å². The maximum absolute atomic E-state index is 2.37. The summed E-state index contributed by atoms with van der Waals surface area (Å²) in [5, 5.41) is 10.4. The van der Waals surface area contributed by atoms with Crippen molar-refractivity contribution in [3.05, 3.63) is 188 Å². The summed E-state index contributed by atoms with van der Waals surface area (Å²) >= 11 is 3.74. The molecule has 0 bridgehead atoms. The largest absolute Gasteiger partial charge is 0.310 e. The van der Waals surface area contributed by atoms with Gasteiger partial charge in [0.25, 0.3) is 0 Å². The molecule has 2 aromatic heterocycles. The van der Waals surface area contributed by atoms with Gasteiger partial charge in [-0.05, 0) is 117 Å². The van der Waals surface area contributed by atoms with E-state index in [-0.39, 0.29) is 0 Å². The Morgan fingerprint density at radius 3 is 1.64 bits per heavy atom. The van der Waals surface area contributed by atoms with Crippen LogP contribution in [0.3, 0.4) is 0 Å². The Balaban J connectivity index is 0.975. The predicted molar refractivity (Wildman–Crippen MR) is 233 cm³/mol. The molecule has 0 fully saturated rings. The third-order valence-corrected chi connectivity index (χ3v) is 12.9. The van der Waals surface area contributed by atoms with Gasteiger partial charge in [0.15, 0.2) is 0 Å². The number of hydrogen-bond donors (Lipinski definition) is 0. The van der Waals surface area contributed by atoms with Crippen molar-refractivity contribution < 1.29 is 0 Å². The molecule has 0 aliphatic rings. The lowest BCUT2D eigenvalue weighted by molar-refractivity contribution is 1.29. The first kappa shape index (κ1) is 30.4. The minimum absolute atomic E-state index is 1.13. The lowest BCUT2D eigenvalue weighted by Gasteiger charge is -2.26. The topological polar surface area (TPSA) is 3.24 Å². The fourth-order valence-electron chi connectivity index (χ4n) is 8.00. The molecule has 53 heavy (non-hydrogen) atoms. The van der Waals surface area contributed by atoms with Crippen molar-refractivity contribution >= 4 is 102 Å². The first-order valence-electron chi connectivity index (χ1n) is 18.0. The Hall–Kier alpha value is -6.26. The van der Waals surface area contributed by atoms with E-state index in [0.717, 1.165) is 17.1 Å². The van der Waals surface area contributed by atoms with E-state index in [1.54, 1.807) is 0 Å². The number of anilines is 3. The van der Waals surface area contributed by atoms with E-state index in [9.17, 15) is 0 Å². The average molecular weight is 710 g/mol. The fourth-order valence-corrected chi connectivity index (χ4v) is 10.2. The molecule has 0 aliphatic carbocycles. The van der Waals surface area contributed by atoms with Crippen molar-refractivity contribution in [2.24, 2.45) is 0 Å². The van der Waals surface area contributed by atoms with E-state index in [1.165, 1.54) is 84.1 Å². The number of rotatable bonds is 5. The number of fused-ring (bicyclic) bond motifs is 9. The zero-order valence-corrected chi connectivity index (χ0v) is 30.3. The molecular formula is C50H31NS2. The van der Waals surface area contributed by atoms with Gasteiger partial charge in [-0.3, -0.25) is 0 Å². The van der Waals surface area contributed by atoms with Gasteiger partial charge in [-0.1, -0.05) is 115 Å². The van der Waals surface area contributed by atoms with E-state index in [2.05, 4.69) is 193 Å². The molecule has 0 saturated carbocycles. The van der Waals surface area contributed by atoms with Crippen LogP contribution in [0.4, 0.5) is 17.1 Å². The van der Waals surface area contributed by atoms with Crippen molar-refractivity contribution in [2.45, 2.75) is 0 Å². The van der Waals surface area contributed by atoms with Gasteiger partial charge in [0.1, 0.15) is 0 Å². The smallest absolute Gasteiger partial charge is 0.0468 e. The highest BCUT2D eigenvalue weighted by atomic mass is 32.1. The second-order valence-electron chi connectivity index (χ2n) is 13.7. The van der Waals surface area contributed by atoms with E-state index < -0.39 is 0 Å². The van der Waals surface area contributed by atoms with Crippen molar-refractivity contribution in [3.8, 4) is 22.3 Å². The van der Waals surface area contributed by atoms with Crippen molar-refractivity contribution in [1.29, 1.82) is 0 Å². The maximum atomic E-state index is 2.37. The summed E-state index contributed by atoms with van der Waals surface area (Å²) in [6, 6.07) is 69.2. The molecule has 1 nitrogen and oxygen atoms in total. The van der Waals surface area contributed by atoms with Crippen LogP contribution in [0.1, 0.15) is 0 Å². The van der Waals surface area contributed by atoms with Gasteiger partial charge in [-0.2, -0.15) is 0 Å². The average Bonchev–Trinajstić information content (AvgIpc) is 3.78. The van der Waals surface area contributed by atoms with Crippen LogP contribution in [0.15, 0.2) is 188 Å². The summed E-state index contributed by atoms with van der Waals surface area (Å²) in [7, 11) is 0. The molecule has 2 heterocycles. The molecule has 0 aliphatic heterocycles. The second-order valence-corrected chi connectivity index (χ2v) is 15.9. The molecule has 3 heteroatoms. The van der Waals surface area contributed by atoms with Gasteiger partial charge in [-0.25, -0.2) is 0 Å². The molecule has 11 aromatic rings. The van der Waals surface area contributed by atoms with Crippen LogP contribution < -0.4 is 4.90 Å². The van der Waals surface area contributed by atoms with Gasteiger partial charge in [0, 0.05) is 57.4 Å². The molecule has 0 atom stereocenters. The van der Waals surface area contributed by atoms with E-state index in [0.29, 0.717) is 0 Å². The minimum atomic E-state index is 1.13. The first-order chi connectivity index (χ1) is 26.2. The third-order valence-electron chi connectivity index (χ3n) is 10.6. The molecule has 0 amide bonds. The summed E-state index contributed by atoms with van der Waals surface area (Å²) in [6.07, 6.45) is 0. The number of para-hydroxylation sites is 1. The number of nitrogens with zero attached hydrogens (tertiary/aromatic N) is 1. The van der Waals surface area contributed by atoms with Crippen LogP contribution >= 0.6 is 22.7 Å². The maximum Gasteiger partial charge on any atom is 0.0468 e. The molecule has 0 unspecified atom stereocenters. The van der Waals surface area contributed by atoms with Crippen LogP contribution in [-0.4, -0.2) is 0 Å². The van der Waals surface area contributed by atoms with Crippen LogP contribution in [0.5, 0.6) is 0 Å². The van der Waals surface area contributed by atoms with Crippen LogP contribution in [-0.2, 0) is 0 Å². The SMILES string of the molecule is c1ccc(N(c2ccc(-c3ccc4ccc5ccccc5c4c3)cc2)c2ccc3sc4cc(-c5ccc6sc7ccccc7c6c5)ccc4c3c2)cc1. The second kappa shape index (κ2) is 12.2. The lowest BCUT2D eigenvalue weighted by atomic mass is 9.97. The summed E-state index contributed by atoms with van der Waals surface area (Å²) < 4.78 is 5.29. The molecule has 248 valence electrons. The summed E-state index contributed by atoms with van der Waals surface area (Å²) in [6.45, 7) is 0. The zero-order valence-electron chi connectivity index (χ0n) is 28.7. The summed E-state index contributed by atoms with van der Waals surface area (Å²) in [5.41, 5.74) is 8.36. The van der Waals surface area contributed by atoms with Gasteiger partial charge in [0.05, 0.1) is 0 Å². The number of thiophene rings is 2. The monoisotopic (exact) mass is 709 g/mol. The van der Waals surface area contributed by atoms with Gasteiger partial charge in [0.2, 0.25) is 0 Å². The predicted octanol–water partition coefficient (Wildman–Crippen LogP) is 15.5. The Morgan fingerprint density at radius 1 is 0.264 bits per heavy atom. The fraction of sp³-hybridized carbons (Fsp3) is 0. The van der Waals surface area contributed by atoms with E-state index in [1.807, 2.05) is 22.7 Å². The van der Waals surface area contributed by atoms with Crippen molar-refractivity contribution in [2.75, 3.05) is 4.90 Å². The van der Waals surface area contributed by atoms with Crippen LogP contribution in [0.2, 0.25) is 0 Å². The number of benzene rings is 9. The Morgan fingerprint density at radius 2 is 0.774 bits per heavy atom. The third kappa shape index (κ3) is 5.12. The minimum Gasteiger partial charge on any atom is -0.310 e. The van der Waals surface area contributed by atoms with E-state index >= 15 is 0 Å². The Bertz CT molecular complexity index is 3170. The Labute approximate surface area is 315 Å². The summed E-state index contributed by atoms with van der Waals surface area (Å²) in [5.74, 6) is 0. The van der Waals surface area contributed by atoms with Gasteiger partial charge >= 0.3 is 0 Å². The van der Waals surface area contributed by atoms with Crippen molar-refractivity contribution in [3.63, 3.8) is 0 Å². The number of hydrogen-bond acceptors (Lipinski definition) is 3. The Kier molecular flexibility index (Phi) is 6.97. The highest BCUT2D eigenvalue weighted by Gasteiger charge is 2.16. The first-order valence-corrected chi connectivity index (χ1v) is 19.6. The zero-order chi connectivity index (χ0) is 34.9.